The number of benzene rings is 2. The summed E-state index contributed by atoms with van der Waals surface area (Å²) in [6.45, 7) is 3.46. The molecule has 2 N–H and O–H groups in total. The van der Waals surface area contributed by atoms with Gasteiger partial charge in [-0.25, -0.2) is 8.42 Å². The molecule has 0 unspecified atom stereocenters. The Morgan fingerprint density at radius 1 is 1.04 bits per heavy atom. The van der Waals surface area contributed by atoms with Crippen molar-refractivity contribution < 1.29 is 26.8 Å². The molecule has 0 spiro atoms. The van der Waals surface area contributed by atoms with Gasteiger partial charge in [-0.1, -0.05) is 12.1 Å². The van der Waals surface area contributed by atoms with E-state index in [2.05, 4.69) is 10.6 Å². The van der Waals surface area contributed by atoms with Crippen molar-refractivity contribution in [1.29, 1.82) is 0 Å². The summed E-state index contributed by atoms with van der Waals surface area (Å²) in [6.07, 6.45) is 0. The molecule has 2 rings (SSSR count). The first kappa shape index (κ1) is 20.5. The van der Waals surface area contributed by atoms with E-state index in [1.54, 1.807) is 12.1 Å². The molecule has 27 heavy (non-hydrogen) atoms. The van der Waals surface area contributed by atoms with Gasteiger partial charge in [0.15, 0.2) is 0 Å². The van der Waals surface area contributed by atoms with E-state index in [0.717, 1.165) is 35.4 Å². The van der Waals surface area contributed by atoms with Gasteiger partial charge in [0.25, 0.3) is 5.91 Å². The van der Waals surface area contributed by atoms with Gasteiger partial charge in [-0.3, -0.25) is 9.59 Å². The molecule has 2 aromatic carbocycles. The molecule has 0 aliphatic carbocycles. The highest BCUT2D eigenvalue weighted by atomic mass is 32.2. The third-order valence-corrected chi connectivity index (χ3v) is 5.37. The number of halogens is 2. The predicted molar refractivity (Wildman–Crippen MR) is 96.5 cm³/mol. The smallest absolute Gasteiger partial charge is 0.341 e. The summed E-state index contributed by atoms with van der Waals surface area (Å²) >= 11 is 0. The molecule has 0 fully saturated rings. The van der Waals surface area contributed by atoms with Gasteiger partial charge < -0.3 is 10.6 Å². The third-order valence-electron chi connectivity index (χ3n) is 3.97. The lowest BCUT2D eigenvalue weighted by Crippen LogP contribution is -2.33. The summed E-state index contributed by atoms with van der Waals surface area (Å²) in [7, 11) is -4.72. The minimum absolute atomic E-state index is 0.0442. The van der Waals surface area contributed by atoms with Crippen molar-refractivity contribution in [2.24, 2.45) is 0 Å². The van der Waals surface area contributed by atoms with E-state index in [9.17, 15) is 26.8 Å². The molecular weight excluding hydrogens is 378 g/mol. The van der Waals surface area contributed by atoms with Crippen molar-refractivity contribution in [3.63, 3.8) is 0 Å². The lowest BCUT2D eigenvalue weighted by Gasteiger charge is -2.11. The van der Waals surface area contributed by atoms with Crippen LogP contribution in [0.4, 0.5) is 14.5 Å². The standard InChI is InChI=1S/C18H18F2N2O4S/c1-11-4-3-5-15(12(11)2)22-16(23)10-21-17(24)13-6-8-14(9-7-13)27(25,26)18(19)20/h3-9,18H,10H2,1-2H3,(H,21,24)(H,22,23). The van der Waals surface area contributed by atoms with E-state index in [1.807, 2.05) is 19.9 Å². The molecule has 6 nitrogen and oxygen atoms in total. The fourth-order valence-corrected chi connectivity index (χ4v) is 2.96. The third kappa shape index (κ3) is 4.88. The number of amides is 2. The number of sulfone groups is 1. The monoisotopic (exact) mass is 396 g/mol. The molecular formula is C18H18F2N2O4S. The topological polar surface area (TPSA) is 92.3 Å². The van der Waals surface area contributed by atoms with Crippen molar-refractivity contribution in [3.05, 3.63) is 59.2 Å². The number of aryl methyl sites for hydroxylation is 1. The molecule has 0 saturated heterocycles. The second-order valence-electron chi connectivity index (χ2n) is 5.81. The van der Waals surface area contributed by atoms with Gasteiger partial charge in [-0.2, -0.15) is 8.78 Å². The minimum atomic E-state index is -4.72. The van der Waals surface area contributed by atoms with Crippen LogP contribution in [0.25, 0.3) is 0 Å². The summed E-state index contributed by atoms with van der Waals surface area (Å²) in [6, 6.07) is 9.50. The summed E-state index contributed by atoms with van der Waals surface area (Å²) in [5, 5.41) is 5.07. The first-order valence-electron chi connectivity index (χ1n) is 7.89. The molecule has 0 bridgehead atoms. The van der Waals surface area contributed by atoms with E-state index in [-0.39, 0.29) is 12.1 Å². The van der Waals surface area contributed by atoms with Crippen LogP contribution in [0.15, 0.2) is 47.4 Å². The van der Waals surface area contributed by atoms with Crippen molar-refractivity contribution in [2.45, 2.75) is 24.5 Å². The minimum Gasteiger partial charge on any atom is -0.343 e. The van der Waals surface area contributed by atoms with Gasteiger partial charge in [0.2, 0.25) is 15.7 Å². The SMILES string of the molecule is Cc1cccc(NC(=O)CNC(=O)c2ccc(S(=O)(=O)C(F)F)cc2)c1C. The first-order chi connectivity index (χ1) is 12.6. The molecule has 0 aromatic heterocycles. The zero-order valence-electron chi connectivity index (χ0n) is 14.6. The van der Waals surface area contributed by atoms with E-state index in [1.165, 1.54) is 0 Å². The molecule has 0 aliphatic heterocycles. The summed E-state index contributed by atoms with van der Waals surface area (Å²) in [5.41, 5.74) is 2.60. The normalized spacial score (nSPS) is 11.3. The van der Waals surface area contributed by atoms with Crippen molar-refractivity contribution in [1.82, 2.24) is 5.32 Å². The van der Waals surface area contributed by atoms with Crippen LogP contribution in [0, 0.1) is 13.8 Å². The maximum atomic E-state index is 12.5. The molecule has 9 heteroatoms. The molecule has 144 valence electrons. The van der Waals surface area contributed by atoms with Gasteiger partial charge >= 0.3 is 5.76 Å². The Morgan fingerprint density at radius 2 is 1.67 bits per heavy atom. The second-order valence-corrected chi connectivity index (χ2v) is 7.73. The molecule has 0 atom stereocenters. The fourth-order valence-electron chi connectivity index (χ4n) is 2.24. The maximum Gasteiger partial charge on any atom is 0.341 e. The van der Waals surface area contributed by atoms with Crippen LogP contribution in [-0.4, -0.2) is 32.5 Å². The van der Waals surface area contributed by atoms with Gasteiger partial charge in [-0.15, -0.1) is 0 Å². The molecule has 0 radical (unpaired) electrons. The Kier molecular flexibility index (Phi) is 6.27. The molecule has 0 saturated carbocycles. The van der Waals surface area contributed by atoms with Crippen LogP contribution in [-0.2, 0) is 14.6 Å². The number of hydrogen-bond acceptors (Lipinski definition) is 4. The zero-order valence-corrected chi connectivity index (χ0v) is 15.4. The van der Waals surface area contributed by atoms with E-state index in [0.29, 0.717) is 5.69 Å². The Hall–Kier alpha value is -2.81. The van der Waals surface area contributed by atoms with Crippen LogP contribution in [0.1, 0.15) is 21.5 Å². The van der Waals surface area contributed by atoms with Crippen LogP contribution >= 0.6 is 0 Å². The number of carbonyl (C=O) groups is 2. The second kappa shape index (κ2) is 8.26. The zero-order chi connectivity index (χ0) is 20.2. The Labute approximate surface area is 155 Å². The summed E-state index contributed by atoms with van der Waals surface area (Å²) < 4.78 is 47.7. The fraction of sp³-hybridized carbons (Fsp3) is 0.222. The van der Waals surface area contributed by atoms with Crippen LogP contribution in [0.5, 0.6) is 0 Å². The molecule has 0 heterocycles. The van der Waals surface area contributed by atoms with Crippen molar-refractivity contribution in [2.75, 3.05) is 11.9 Å². The number of carbonyl (C=O) groups excluding carboxylic acids is 2. The summed E-state index contributed by atoms with van der Waals surface area (Å²) in [5.74, 6) is -4.60. The van der Waals surface area contributed by atoms with E-state index >= 15 is 0 Å². The highest BCUT2D eigenvalue weighted by Gasteiger charge is 2.26. The quantitative estimate of drug-likeness (QED) is 0.785. The van der Waals surface area contributed by atoms with Crippen LogP contribution in [0.2, 0.25) is 0 Å². The largest absolute Gasteiger partial charge is 0.343 e. The van der Waals surface area contributed by atoms with Crippen molar-refractivity contribution >= 4 is 27.3 Å². The van der Waals surface area contributed by atoms with Gasteiger partial charge in [0, 0.05) is 11.3 Å². The highest BCUT2D eigenvalue weighted by molar-refractivity contribution is 7.91. The number of alkyl halides is 2. The molecule has 0 aliphatic rings. The predicted octanol–water partition coefficient (Wildman–Crippen LogP) is 2.67. The average Bonchev–Trinajstić information content (AvgIpc) is 2.63. The molecule has 2 amide bonds. The number of rotatable bonds is 6. The van der Waals surface area contributed by atoms with Crippen LogP contribution in [0.3, 0.4) is 0 Å². The highest BCUT2D eigenvalue weighted by Crippen LogP contribution is 2.19. The van der Waals surface area contributed by atoms with Gasteiger partial charge in [0.1, 0.15) is 0 Å². The lowest BCUT2D eigenvalue weighted by atomic mass is 10.1. The summed E-state index contributed by atoms with van der Waals surface area (Å²) in [4.78, 5) is 23.4. The number of anilines is 1. The van der Waals surface area contributed by atoms with E-state index in [4.69, 9.17) is 0 Å². The number of nitrogens with one attached hydrogen (secondary N) is 2. The molecule has 2 aromatic rings. The van der Waals surface area contributed by atoms with E-state index < -0.39 is 32.3 Å². The van der Waals surface area contributed by atoms with Crippen LogP contribution < -0.4 is 10.6 Å². The number of hydrogen-bond donors (Lipinski definition) is 2. The Bertz CT molecular complexity index is 958. The Balaban J connectivity index is 1.97. The average molecular weight is 396 g/mol. The Morgan fingerprint density at radius 3 is 2.26 bits per heavy atom. The lowest BCUT2D eigenvalue weighted by molar-refractivity contribution is -0.115. The van der Waals surface area contributed by atoms with Gasteiger partial charge in [-0.05, 0) is 55.3 Å². The first-order valence-corrected chi connectivity index (χ1v) is 9.44. The maximum absolute atomic E-state index is 12.5. The van der Waals surface area contributed by atoms with Gasteiger partial charge in [0.05, 0.1) is 11.4 Å². The van der Waals surface area contributed by atoms with Crippen molar-refractivity contribution in [3.8, 4) is 0 Å².